The predicted molar refractivity (Wildman–Crippen MR) is 169 cm³/mol. The molecule has 41 heavy (non-hydrogen) atoms. The number of nitrogens with two attached hydrogens (primary N) is 4. The van der Waals surface area contributed by atoms with Crippen LogP contribution in [-0.4, -0.2) is 13.1 Å². The third-order valence-electron chi connectivity index (χ3n) is 9.00. The summed E-state index contributed by atoms with van der Waals surface area (Å²) in [6.45, 7) is 3.69. The van der Waals surface area contributed by atoms with Gasteiger partial charge >= 0.3 is 0 Å². The molecule has 8 N–H and O–H groups in total. The smallest absolute Gasteiger partial charge is 0.148 e. The Morgan fingerprint density at radius 3 is 1.71 bits per heavy atom. The second kappa shape index (κ2) is 10.9. The van der Waals surface area contributed by atoms with Crippen molar-refractivity contribution in [3.8, 4) is 0 Å². The highest BCUT2D eigenvalue weighted by Gasteiger charge is 2.37. The summed E-state index contributed by atoms with van der Waals surface area (Å²) in [4.78, 5) is 4.53. The highest BCUT2D eigenvalue weighted by atomic mass is 19.1. The maximum atomic E-state index is 16.1. The van der Waals surface area contributed by atoms with E-state index in [1.165, 1.54) is 5.56 Å². The Balaban J connectivity index is 1.33. The quantitative estimate of drug-likeness (QED) is 0.201. The van der Waals surface area contributed by atoms with Crippen LogP contribution in [0.15, 0.2) is 78.9 Å². The molecular formula is C34H39FN6. The zero-order valence-corrected chi connectivity index (χ0v) is 23.6. The van der Waals surface area contributed by atoms with E-state index in [0.717, 1.165) is 61.2 Å². The van der Waals surface area contributed by atoms with Gasteiger partial charge in [-0.05, 0) is 97.2 Å². The van der Waals surface area contributed by atoms with Crippen LogP contribution in [0, 0.1) is 12.7 Å². The van der Waals surface area contributed by atoms with Crippen LogP contribution in [0.25, 0.3) is 0 Å². The summed E-state index contributed by atoms with van der Waals surface area (Å²) in [5.41, 5.74) is 32.7. The molecule has 2 unspecified atom stereocenters. The van der Waals surface area contributed by atoms with E-state index in [4.69, 9.17) is 22.9 Å². The van der Waals surface area contributed by atoms with E-state index < -0.39 is 0 Å². The van der Waals surface area contributed by atoms with Gasteiger partial charge in [0, 0.05) is 18.8 Å². The fourth-order valence-electron chi connectivity index (χ4n) is 6.86. The van der Waals surface area contributed by atoms with Crippen LogP contribution in [-0.2, 0) is 0 Å². The van der Waals surface area contributed by atoms with Gasteiger partial charge in [0.25, 0.3) is 0 Å². The maximum absolute atomic E-state index is 16.1. The van der Waals surface area contributed by atoms with Crippen LogP contribution in [0.1, 0.15) is 65.9 Å². The monoisotopic (exact) mass is 550 g/mol. The number of anilines is 6. The number of nitrogens with zero attached hydrogens (tertiary/aromatic N) is 2. The first-order valence-electron chi connectivity index (χ1n) is 14.5. The van der Waals surface area contributed by atoms with Gasteiger partial charge in [0.05, 0.1) is 40.5 Å². The van der Waals surface area contributed by atoms with Gasteiger partial charge in [0.15, 0.2) is 0 Å². The van der Waals surface area contributed by atoms with E-state index in [9.17, 15) is 0 Å². The Labute approximate surface area is 241 Å². The molecule has 0 radical (unpaired) electrons. The molecule has 2 saturated heterocycles. The summed E-state index contributed by atoms with van der Waals surface area (Å²) in [6.07, 6.45) is 3.79. The van der Waals surface area contributed by atoms with Gasteiger partial charge in [-0.1, -0.05) is 42.5 Å². The Morgan fingerprint density at radius 2 is 1.20 bits per heavy atom. The summed E-state index contributed by atoms with van der Waals surface area (Å²) < 4.78 is 16.1. The minimum Gasteiger partial charge on any atom is -0.397 e. The highest BCUT2D eigenvalue weighted by molar-refractivity contribution is 5.69. The Morgan fingerprint density at radius 1 is 0.634 bits per heavy atom. The van der Waals surface area contributed by atoms with Crippen LogP contribution in [0.2, 0.25) is 0 Å². The average molecular weight is 551 g/mol. The molecule has 0 spiro atoms. The molecule has 4 aromatic carbocycles. The number of benzene rings is 4. The third kappa shape index (κ3) is 5.12. The van der Waals surface area contributed by atoms with E-state index >= 15 is 4.39 Å². The minimum atomic E-state index is -0.184. The van der Waals surface area contributed by atoms with Crippen LogP contribution in [0.5, 0.6) is 0 Å². The van der Waals surface area contributed by atoms with Crippen molar-refractivity contribution in [3.63, 3.8) is 0 Å². The molecular weight excluding hydrogens is 511 g/mol. The molecule has 2 heterocycles. The summed E-state index contributed by atoms with van der Waals surface area (Å²) in [5.74, 6) is 0.331. The number of hydrogen-bond acceptors (Lipinski definition) is 6. The first kappa shape index (κ1) is 26.8. The van der Waals surface area contributed by atoms with Crippen molar-refractivity contribution in [2.75, 3.05) is 45.8 Å². The Bertz CT molecular complexity index is 1460. The van der Waals surface area contributed by atoms with Crippen molar-refractivity contribution in [2.24, 2.45) is 0 Å². The van der Waals surface area contributed by atoms with E-state index in [0.29, 0.717) is 34.4 Å². The molecule has 6 rings (SSSR count). The molecule has 212 valence electrons. The van der Waals surface area contributed by atoms with Crippen molar-refractivity contribution in [1.82, 2.24) is 0 Å². The van der Waals surface area contributed by atoms with E-state index in [1.807, 2.05) is 43.3 Å². The molecule has 2 aliphatic rings. The second-order valence-electron chi connectivity index (χ2n) is 11.6. The molecule has 7 heteroatoms. The van der Waals surface area contributed by atoms with Gasteiger partial charge in [-0.3, -0.25) is 0 Å². The molecule has 0 amide bonds. The second-order valence-corrected chi connectivity index (χ2v) is 11.6. The SMILES string of the molecule is Cc1cc(N2C(c3ccc(N)c(N)c3)CCC2c2ccc(N)c(N)c2)cc(F)c1N1CCC(c2ccccc2)CC1. The molecule has 0 aliphatic carbocycles. The molecule has 0 bridgehead atoms. The van der Waals surface area contributed by atoms with Gasteiger partial charge in [-0.25, -0.2) is 4.39 Å². The zero-order chi connectivity index (χ0) is 28.7. The summed E-state index contributed by atoms with van der Waals surface area (Å²) in [5, 5.41) is 0. The van der Waals surface area contributed by atoms with Gasteiger partial charge in [-0.15, -0.1) is 0 Å². The van der Waals surface area contributed by atoms with E-state index in [-0.39, 0.29) is 17.9 Å². The largest absolute Gasteiger partial charge is 0.397 e. The lowest BCUT2D eigenvalue weighted by Crippen LogP contribution is -2.34. The number of piperidine rings is 1. The fraction of sp³-hybridized carbons (Fsp3) is 0.294. The maximum Gasteiger partial charge on any atom is 0.148 e. The number of halogens is 1. The van der Waals surface area contributed by atoms with Crippen molar-refractivity contribution >= 4 is 34.1 Å². The van der Waals surface area contributed by atoms with Crippen LogP contribution < -0.4 is 32.7 Å². The lowest BCUT2D eigenvalue weighted by molar-refractivity contribution is 0.496. The molecule has 6 nitrogen and oxygen atoms in total. The molecule has 2 atom stereocenters. The average Bonchev–Trinajstić information content (AvgIpc) is 3.42. The number of rotatable bonds is 5. The van der Waals surface area contributed by atoms with Crippen molar-refractivity contribution in [3.05, 3.63) is 107 Å². The lowest BCUT2D eigenvalue weighted by Gasteiger charge is -2.37. The van der Waals surface area contributed by atoms with Gasteiger partial charge in [0.1, 0.15) is 5.82 Å². The fourth-order valence-corrected chi connectivity index (χ4v) is 6.86. The molecule has 4 aromatic rings. The minimum absolute atomic E-state index is 0.00736. The predicted octanol–water partition coefficient (Wildman–Crippen LogP) is 6.93. The Kier molecular flexibility index (Phi) is 7.12. The molecule has 2 fully saturated rings. The normalized spacial score (nSPS) is 19.6. The van der Waals surface area contributed by atoms with E-state index in [1.54, 1.807) is 6.07 Å². The first-order chi connectivity index (χ1) is 19.8. The zero-order valence-electron chi connectivity index (χ0n) is 23.6. The van der Waals surface area contributed by atoms with E-state index in [2.05, 4.69) is 46.2 Å². The lowest BCUT2D eigenvalue weighted by atomic mass is 9.89. The van der Waals surface area contributed by atoms with Crippen molar-refractivity contribution in [1.29, 1.82) is 0 Å². The summed E-state index contributed by atoms with van der Waals surface area (Å²) in [7, 11) is 0. The van der Waals surface area contributed by atoms with Crippen LogP contribution in [0.3, 0.4) is 0 Å². The molecule has 0 saturated carbocycles. The number of aryl methyl sites for hydroxylation is 1. The third-order valence-corrected chi connectivity index (χ3v) is 9.00. The summed E-state index contributed by atoms with van der Waals surface area (Å²) in [6, 6.07) is 26.2. The standard InChI is InChI=1S/C34H39FN6/c1-21-17-26(20-27(35)34(21)40-15-13-23(14-16-40)22-5-3-2-4-6-22)41-32(24-7-9-28(36)30(38)18-24)11-12-33(41)25-8-10-29(37)31(39)19-25/h2-10,17-20,23,32-33H,11-16,36-39H2,1H3. The Hall–Kier alpha value is -4.39. The molecule has 2 aliphatic heterocycles. The van der Waals surface area contributed by atoms with Crippen molar-refractivity contribution in [2.45, 2.75) is 50.6 Å². The topological polar surface area (TPSA) is 111 Å². The molecule has 0 aromatic heterocycles. The van der Waals surface area contributed by atoms with Gasteiger partial charge in [-0.2, -0.15) is 0 Å². The number of nitrogen functional groups attached to an aromatic ring is 4. The van der Waals surface area contributed by atoms with Crippen LogP contribution >= 0.6 is 0 Å². The van der Waals surface area contributed by atoms with Gasteiger partial charge in [0.2, 0.25) is 0 Å². The van der Waals surface area contributed by atoms with Crippen molar-refractivity contribution < 1.29 is 4.39 Å². The first-order valence-corrected chi connectivity index (χ1v) is 14.5. The highest BCUT2D eigenvalue weighted by Crippen LogP contribution is 2.49. The number of hydrogen-bond donors (Lipinski definition) is 4. The summed E-state index contributed by atoms with van der Waals surface area (Å²) >= 11 is 0. The van der Waals surface area contributed by atoms with Crippen LogP contribution in [0.4, 0.5) is 38.5 Å². The van der Waals surface area contributed by atoms with Gasteiger partial charge < -0.3 is 32.7 Å².